The van der Waals surface area contributed by atoms with Crippen molar-refractivity contribution in [1.29, 1.82) is 0 Å². The maximum absolute atomic E-state index is 12.4. The fraction of sp³-hybridized carbons (Fsp3) is 0.750. The van der Waals surface area contributed by atoms with Crippen LogP contribution in [-0.4, -0.2) is 41.9 Å². The summed E-state index contributed by atoms with van der Waals surface area (Å²) >= 11 is 0. The molecule has 0 rings (SSSR count). The van der Waals surface area contributed by atoms with Gasteiger partial charge >= 0.3 is 0 Å². The first kappa shape index (κ1) is 41.3. The van der Waals surface area contributed by atoms with Crippen LogP contribution in [0.5, 0.6) is 0 Å². The average Bonchev–Trinajstić information content (AvgIpc) is 2.96. The highest BCUT2D eigenvalue weighted by Crippen LogP contribution is 2.13. The topological polar surface area (TPSA) is 104 Å². The van der Waals surface area contributed by atoms with Crippen LogP contribution in [0.1, 0.15) is 155 Å². The van der Waals surface area contributed by atoms with E-state index in [1.807, 2.05) is 6.08 Å². The third kappa shape index (κ3) is 31.5. The number of unbranched alkanes of at least 4 members (excludes halogenated alkanes) is 16. The third-order valence-corrected chi connectivity index (χ3v) is 8.29. The molecule has 1 amide bonds. The van der Waals surface area contributed by atoms with Gasteiger partial charge in [0.25, 0.3) is 10.1 Å². The van der Waals surface area contributed by atoms with Crippen molar-refractivity contribution < 1.29 is 22.9 Å². The minimum Gasteiger partial charge on any atom is -0.387 e. The predicted octanol–water partition coefficient (Wildman–Crippen LogP) is 9.57. The van der Waals surface area contributed by atoms with Gasteiger partial charge in [-0.1, -0.05) is 146 Å². The third-order valence-electron chi connectivity index (χ3n) is 7.51. The van der Waals surface area contributed by atoms with E-state index in [4.69, 9.17) is 0 Å². The fourth-order valence-corrected chi connectivity index (χ4v) is 5.67. The van der Waals surface area contributed by atoms with E-state index in [2.05, 4.69) is 55.6 Å². The molecular formula is C36H65NO5S. The van der Waals surface area contributed by atoms with Crippen molar-refractivity contribution in [3.05, 3.63) is 48.6 Å². The van der Waals surface area contributed by atoms with Gasteiger partial charge in [-0.2, -0.15) is 8.42 Å². The van der Waals surface area contributed by atoms with E-state index < -0.39 is 28.0 Å². The Morgan fingerprint density at radius 1 is 0.651 bits per heavy atom. The van der Waals surface area contributed by atoms with Crippen LogP contribution >= 0.6 is 0 Å². The van der Waals surface area contributed by atoms with Crippen LogP contribution in [0, 0.1) is 0 Å². The average molecular weight is 624 g/mol. The molecule has 0 fully saturated rings. The second kappa shape index (κ2) is 30.3. The smallest absolute Gasteiger partial charge is 0.267 e. The van der Waals surface area contributed by atoms with Gasteiger partial charge in [-0.3, -0.25) is 9.35 Å². The monoisotopic (exact) mass is 623 g/mol. The molecule has 43 heavy (non-hydrogen) atoms. The van der Waals surface area contributed by atoms with E-state index in [9.17, 15) is 22.9 Å². The summed E-state index contributed by atoms with van der Waals surface area (Å²) in [6.45, 7) is 4.38. The lowest BCUT2D eigenvalue weighted by Crippen LogP contribution is -2.46. The highest BCUT2D eigenvalue weighted by Gasteiger charge is 2.24. The summed E-state index contributed by atoms with van der Waals surface area (Å²) in [6.07, 6.45) is 39.5. The maximum atomic E-state index is 12.4. The van der Waals surface area contributed by atoms with Gasteiger partial charge in [0.2, 0.25) is 5.91 Å². The largest absolute Gasteiger partial charge is 0.387 e. The van der Waals surface area contributed by atoms with Crippen LogP contribution < -0.4 is 5.32 Å². The molecule has 3 N–H and O–H groups in total. The molecule has 0 aromatic carbocycles. The second-order valence-electron chi connectivity index (χ2n) is 11.8. The van der Waals surface area contributed by atoms with Gasteiger partial charge < -0.3 is 10.4 Å². The Kier molecular flexibility index (Phi) is 29.1. The Balaban J connectivity index is 4.08. The van der Waals surface area contributed by atoms with Crippen LogP contribution in [0.3, 0.4) is 0 Å². The van der Waals surface area contributed by atoms with E-state index in [1.54, 1.807) is 6.08 Å². The van der Waals surface area contributed by atoms with Crippen LogP contribution in [0.25, 0.3) is 0 Å². The zero-order valence-corrected chi connectivity index (χ0v) is 28.4. The lowest BCUT2D eigenvalue weighted by molar-refractivity contribution is -0.122. The van der Waals surface area contributed by atoms with Crippen LogP contribution in [0.2, 0.25) is 0 Å². The first-order valence-electron chi connectivity index (χ1n) is 17.3. The summed E-state index contributed by atoms with van der Waals surface area (Å²) in [7, 11) is -4.35. The van der Waals surface area contributed by atoms with Crippen molar-refractivity contribution in [2.75, 3.05) is 5.75 Å². The molecule has 0 radical (unpaired) electrons. The van der Waals surface area contributed by atoms with Gasteiger partial charge in [-0.25, -0.2) is 0 Å². The number of aliphatic hydroxyl groups excluding tert-OH is 1. The van der Waals surface area contributed by atoms with Crippen LogP contribution in [-0.2, 0) is 14.9 Å². The number of carbonyl (C=O) groups excluding carboxylic acids is 1. The van der Waals surface area contributed by atoms with E-state index in [0.717, 1.165) is 57.8 Å². The summed E-state index contributed by atoms with van der Waals surface area (Å²) in [5.41, 5.74) is 0. The van der Waals surface area contributed by atoms with Gasteiger partial charge in [0.1, 0.15) is 0 Å². The van der Waals surface area contributed by atoms with Crippen LogP contribution in [0.15, 0.2) is 48.6 Å². The first-order valence-corrected chi connectivity index (χ1v) is 18.9. The van der Waals surface area contributed by atoms with Gasteiger partial charge in [0.15, 0.2) is 0 Å². The van der Waals surface area contributed by atoms with Gasteiger partial charge in [0, 0.05) is 6.42 Å². The van der Waals surface area contributed by atoms with Crippen LogP contribution in [0.4, 0.5) is 0 Å². The molecule has 250 valence electrons. The molecule has 2 atom stereocenters. The van der Waals surface area contributed by atoms with Gasteiger partial charge in [-0.15, -0.1) is 0 Å². The summed E-state index contributed by atoms with van der Waals surface area (Å²) < 4.78 is 32.3. The number of hydrogen-bond donors (Lipinski definition) is 3. The van der Waals surface area contributed by atoms with Crippen molar-refractivity contribution in [2.24, 2.45) is 0 Å². The Bertz CT molecular complexity index is 863. The van der Waals surface area contributed by atoms with E-state index in [0.29, 0.717) is 6.42 Å². The molecule has 0 saturated carbocycles. The molecular weight excluding hydrogens is 558 g/mol. The number of rotatable bonds is 30. The minimum absolute atomic E-state index is 0.259. The molecule has 0 aliphatic carbocycles. The molecule has 0 spiro atoms. The molecule has 0 aliphatic rings. The number of hydrogen-bond acceptors (Lipinski definition) is 4. The lowest BCUT2D eigenvalue weighted by atomic mass is 10.0. The van der Waals surface area contributed by atoms with Crippen molar-refractivity contribution in [3.8, 4) is 0 Å². The summed E-state index contributed by atoms with van der Waals surface area (Å²) in [4.78, 5) is 12.4. The molecule has 6 nitrogen and oxygen atoms in total. The van der Waals surface area contributed by atoms with Crippen molar-refractivity contribution in [2.45, 2.75) is 167 Å². The quantitative estimate of drug-likeness (QED) is 0.0420. The normalized spacial score (nSPS) is 14.0. The molecule has 0 bridgehead atoms. The number of amides is 1. The minimum atomic E-state index is -4.35. The molecule has 7 heteroatoms. The Hall–Kier alpha value is -1.70. The SMILES string of the molecule is CC/C=C\C/C=C\C/C=C\CCCCCC(=O)NC(CS(=O)(=O)O)C(O)/C=C/CCCCCCCCCCCCCCC. The van der Waals surface area contributed by atoms with Gasteiger partial charge in [0.05, 0.1) is 17.9 Å². The number of allylic oxidation sites excluding steroid dienone is 7. The Labute approximate surface area is 265 Å². The Morgan fingerprint density at radius 2 is 1.12 bits per heavy atom. The summed E-state index contributed by atoms with van der Waals surface area (Å²) in [5, 5.41) is 13.1. The molecule has 0 aromatic rings. The highest BCUT2D eigenvalue weighted by molar-refractivity contribution is 7.85. The second-order valence-corrected chi connectivity index (χ2v) is 13.3. The van der Waals surface area contributed by atoms with Crippen molar-refractivity contribution in [1.82, 2.24) is 5.32 Å². The number of carbonyl (C=O) groups is 1. The number of nitrogens with one attached hydrogen (secondary N) is 1. The van der Waals surface area contributed by atoms with E-state index >= 15 is 0 Å². The Morgan fingerprint density at radius 3 is 1.65 bits per heavy atom. The predicted molar refractivity (Wildman–Crippen MR) is 184 cm³/mol. The summed E-state index contributed by atoms with van der Waals surface area (Å²) in [5.74, 6) is -1.02. The van der Waals surface area contributed by atoms with E-state index in [-0.39, 0.29) is 12.3 Å². The first-order chi connectivity index (χ1) is 20.8. The van der Waals surface area contributed by atoms with Crippen molar-refractivity contribution >= 4 is 16.0 Å². The fourth-order valence-electron chi connectivity index (χ4n) is 4.93. The number of aliphatic hydroxyl groups is 1. The molecule has 0 saturated heterocycles. The molecule has 0 aliphatic heterocycles. The standard InChI is InChI=1S/C36H65NO5S/c1-3-5-7-9-11-13-15-17-18-20-21-23-25-27-29-31-35(38)34(33-43(40,41)42)37-36(39)32-30-28-26-24-22-19-16-14-12-10-8-6-4-2/h6,8,12,14,19,22,29,31,34-35,38H,3-5,7,9-11,13,15-18,20-21,23-28,30,32-33H2,1-2H3,(H,37,39)(H,40,41,42)/b8-6-,14-12-,22-19-,31-29+. The van der Waals surface area contributed by atoms with E-state index in [1.165, 1.54) is 70.6 Å². The maximum Gasteiger partial charge on any atom is 0.267 e. The molecule has 0 aromatic heterocycles. The zero-order chi connectivity index (χ0) is 31.9. The molecule has 2 unspecified atom stereocenters. The summed E-state index contributed by atoms with van der Waals surface area (Å²) in [6, 6.07) is -1.07. The lowest BCUT2D eigenvalue weighted by Gasteiger charge is -2.21. The van der Waals surface area contributed by atoms with Crippen molar-refractivity contribution in [3.63, 3.8) is 0 Å². The zero-order valence-electron chi connectivity index (χ0n) is 27.6. The molecule has 0 heterocycles. The van der Waals surface area contributed by atoms with Gasteiger partial charge in [-0.05, 0) is 51.4 Å². The highest BCUT2D eigenvalue weighted by atomic mass is 32.2.